The van der Waals surface area contributed by atoms with Crippen molar-refractivity contribution >= 4 is 40.5 Å². The molecule has 3 aromatic rings. The van der Waals surface area contributed by atoms with E-state index in [1.165, 1.54) is 11.3 Å². The summed E-state index contributed by atoms with van der Waals surface area (Å²) in [5.41, 5.74) is 5.01. The lowest BCUT2D eigenvalue weighted by Gasteiger charge is -2.32. The lowest BCUT2D eigenvalue weighted by molar-refractivity contribution is -0.121. The molecule has 168 valence electrons. The third-order valence-electron chi connectivity index (χ3n) is 6.58. The van der Waals surface area contributed by atoms with Crippen LogP contribution in [0.25, 0.3) is 0 Å². The molecule has 1 N–H and O–H groups in total. The second-order valence-corrected chi connectivity index (χ2v) is 9.05. The number of hydrogen-bond donors (Lipinski definition) is 1. The number of nitrogens with zero attached hydrogens (tertiary/aromatic N) is 2. The fraction of sp³-hybridized carbons (Fsp3) is 0.259. The van der Waals surface area contributed by atoms with Crippen molar-refractivity contribution in [1.82, 2.24) is 4.90 Å². The fourth-order valence-corrected chi connectivity index (χ4v) is 4.88. The molecule has 0 bridgehead atoms. The van der Waals surface area contributed by atoms with E-state index < -0.39 is 0 Å². The van der Waals surface area contributed by atoms with Crippen LogP contribution in [-0.4, -0.2) is 36.3 Å². The average Bonchev–Trinajstić information content (AvgIpc) is 3.28. The maximum Gasteiger partial charge on any atom is 0.253 e. The van der Waals surface area contributed by atoms with E-state index in [0.717, 1.165) is 24.3 Å². The molecular weight excluding hydrogens is 434 g/mol. The first-order valence-corrected chi connectivity index (χ1v) is 11.8. The van der Waals surface area contributed by atoms with Crippen LogP contribution in [0.15, 0.2) is 72.8 Å². The average molecular weight is 460 g/mol. The molecule has 6 heteroatoms. The highest BCUT2D eigenvalue weighted by molar-refractivity contribution is 6.30. The summed E-state index contributed by atoms with van der Waals surface area (Å²) < 4.78 is 0. The Hall–Kier alpha value is -3.31. The van der Waals surface area contributed by atoms with Gasteiger partial charge in [0.25, 0.3) is 5.91 Å². The zero-order valence-electron chi connectivity index (χ0n) is 18.3. The van der Waals surface area contributed by atoms with Crippen molar-refractivity contribution in [2.45, 2.75) is 19.3 Å². The number of fused-ring (bicyclic) bond motifs is 1. The summed E-state index contributed by atoms with van der Waals surface area (Å²) in [5.74, 6) is -0.102. The van der Waals surface area contributed by atoms with Gasteiger partial charge in [0, 0.05) is 41.8 Å². The number of rotatable bonds is 4. The third-order valence-corrected chi connectivity index (χ3v) is 6.84. The van der Waals surface area contributed by atoms with Crippen molar-refractivity contribution in [3.63, 3.8) is 0 Å². The minimum atomic E-state index is -0.113. The van der Waals surface area contributed by atoms with E-state index in [9.17, 15) is 9.59 Å². The van der Waals surface area contributed by atoms with Gasteiger partial charge in [-0.25, -0.2) is 0 Å². The van der Waals surface area contributed by atoms with Crippen LogP contribution in [-0.2, 0) is 11.2 Å². The van der Waals surface area contributed by atoms with E-state index in [4.69, 9.17) is 11.6 Å². The number of amides is 2. The monoisotopic (exact) mass is 459 g/mol. The molecule has 2 aliphatic rings. The maximum atomic E-state index is 13.1. The summed E-state index contributed by atoms with van der Waals surface area (Å²) in [5, 5.41) is 3.78. The summed E-state index contributed by atoms with van der Waals surface area (Å²) in [6, 6.07) is 23.4. The van der Waals surface area contributed by atoms with Crippen molar-refractivity contribution in [1.29, 1.82) is 0 Å². The second kappa shape index (κ2) is 9.28. The number of carbonyl (C=O) groups is 2. The van der Waals surface area contributed by atoms with Crippen LogP contribution in [0.3, 0.4) is 0 Å². The van der Waals surface area contributed by atoms with Crippen molar-refractivity contribution in [2.75, 3.05) is 29.9 Å². The number of likely N-dealkylation sites (tertiary alicyclic amines) is 1. The zero-order chi connectivity index (χ0) is 22.8. The SMILES string of the molecule is O=C(Nc1ccccc1N1CCc2ccccc21)C1CCN(C(=O)c2ccc(Cl)cc2)CC1. The molecule has 1 saturated heterocycles. The molecule has 0 saturated carbocycles. The van der Waals surface area contributed by atoms with Gasteiger partial charge >= 0.3 is 0 Å². The van der Waals surface area contributed by atoms with Gasteiger partial charge in [-0.2, -0.15) is 0 Å². The number of para-hydroxylation sites is 3. The molecule has 0 aromatic heterocycles. The molecule has 2 heterocycles. The van der Waals surface area contributed by atoms with E-state index in [-0.39, 0.29) is 17.7 Å². The first-order valence-electron chi connectivity index (χ1n) is 11.4. The first-order chi connectivity index (χ1) is 16.1. The standard InChI is InChI=1S/C27H26ClN3O2/c28-22-11-9-21(10-12-22)27(33)30-16-13-20(14-17-30)26(32)29-23-6-2-4-8-25(23)31-18-15-19-5-1-3-7-24(19)31/h1-12,20H,13-18H2,(H,29,32). The quantitative estimate of drug-likeness (QED) is 0.558. The number of halogens is 1. The molecule has 0 aliphatic carbocycles. The van der Waals surface area contributed by atoms with Crippen LogP contribution in [0.2, 0.25) is 5.02 Å². The van der Waals surface area contributed by atoms with Crippen LogP contribution < -0.4 is 10.2 Å². The van der Waals surface area contributed by atoms with Crippen molar-refractivity contribution in [3.8, 4) is 0 Å². The highest BCUT2D eigenvalue weighted by Crippen LogP contribution is 2.38. The number of nitrogens with one attached hydrogen (secondary N) is 1. The van der Waals surface area contributed by atoms with E-state index >= 15 is 0 Å². The molecule has 0 radical (unpaired) electrons. The molecule has 2 aliphatic heterocycles. The molecular formula is C27H26ClN3O2. The number of benzene rings is 3. The predicted molar refractivity (Wildman–Crippen MR) is 132 cm³/mol. The van der Waals surface area contributed by atoms with E-state index in [2.05, 4.69) is 40.5 Å². The molecule has 5 nitrogen and oxygen atoms in total. The van der Waals surface area contributed by atoms with Crippen molar-refractivity contribution in [2.24, 2.45) is 5.92 Å². The summed E-state index contributed by atoms with van der Waals surface area (Å²) >= 11 is 5.93. The highest BCUT2D eigenvalue weighted by atomic mass is 35.5. The van der Waals surface area contributed by atoms with E-state index in [1.807, 2.05) is 23.1 Å². The van der Waals surface area contributed by atoms with Gasteiger partial charge in [-0.3, -0.25) is 9.59 Å². The Morgan fingerprint density at radius 2 is 1.48 bits per heavy atom. The van der Waals surface area contributed by atoms with Gasteiger partial charge in [0.05, 0.1) is 11.4 Å². The van der Waals surface area contributed by atoms with Crippen LogP contribution in [0.1, 0.15) is 28.8 Å². The highest BCUT2D eigenvalue weighted by Gasteiger charge is 2.29. The van der Waals surface area contributed by atoms with Crippen molar-refractivity contribution in [3.05, 3.63) is 88.9 Å². The lowest BCUT2D eigenvalue weighted by atomic mass is 9.95. The lowest BCUT2D eigenvalue weighted by Crippen LogP contribution is -2.41. The van der Waals surface area contributed by atoms with Gasteiger partial charge in [0.2, 0.25) is 5.91 Å². The Morgan fingerprint density at radius 1 is 0.818 bits per heavy atom. The third kappa shape index (κ3) is 4.46. The number of hydrogen-bond acceptors (Lipinski definition) is 3. The Kier molecular flexibility index (Phi) is 6.05. The maximum absolute atomic E-state index is 13.1. The van der Waals surface area contributed by atoms with Crippen molar-refractivity contribution < 1.29 is 9.59 Å². The molecule has 0 unspecified atom stereocenters. The largest absolute Gasteiger partial charge is 0.339 e. The van der Waals surface area contributed by atoms with Crippen LogP contribution in [0, 0.1) is 5.92 Å². The van der Waals surface area contributed by atoms with Crippen LogP contribution >= 0.6 is 11.6 Å². The Bertz CT molecular complexity index is 1170. The summed E-state index contributed by atoms with van der Waals surface area (Å²) in [7, 11) is 0. The molecule has 5 rings (SSSR count). The number of anilines is 3. The summed E-state index contributed by atoms with van der Waals surface area (Å²) in [4.78, 5) is 30.0. The minimum Gasteiger partial charge on any atom is -0.339 e. The molecule has 2 amide bonds. The molecule has 33 heavy (non-hydrogen) atoms. The predicted octanol–water partition coefficient (Wildman–Crippen LogP) is 5.53. The fourth-order valence-electron chi connectivity index (χ4n) is 4.76. The minimum absolute atomic E-state index is 0.0106. The zero-order valence-corrected chi connectivity index (χ0v) is 19.1. The smallest absolute Gasteiger partial charge is 0.253 e. The number of carbonyl (C=O) groups excluding carboxylic acids is 2. The summed E-state index contributed by atoms with van der Waals surface area (Å²) in [6.45, 7) is 2.04. The van der Waals surface area contributed by atoms with E-state index in [1.54, 1.807) is 24.3 Å². The molecule has 0 spiro atoms. The van der Waals surface area contributed by atoms with Gasteiger partial charge in [-0.1, -0.05) is 41.9 Å². The van der Waals surface area contributed by atoms with E-state index in [0.29, 0.717) is 36.5 Å². The topological polar surface area (TPSA) is 52.7 Å². The van der Waals surface area contributed by atoms with Gasteiger partial charge in [0.1, 0.15) is 0 Å². The summed E-state index contributed by atoms with van der Waals surface area (Å²) in [6.07, 6.45) is 2.30. The van der Waals surface area contributed by atoms with Gasteiger partial charge < -0.3 is 15.1 Å². The Labute approximate surface area is 199 Å². The van der Waals surface area contributed by atoms with Gasteiger partial charge in [-0.15, -0.1) is 0 Å². The normalized spacial score (nSPS) is 15.9. The van der Waals surface area contributed by atoms with Crippen LogP contribution in [0.5, 0.6) is 0 Å². The first kappa shape index (κ1) is 21.5. The molecule has 0 atom stereocenters. The second-order valence-electron chi connectivity index (χ2n) is 8.61. The number of piperidine rings is 1. The van der Waals surface area contributed by atoms with Gasteiger partial charge in [0.15, 0.2) is 0 Å². The molecule has 1 fully saturated rings. The Morgan fingerprint density at radius 3 is 2.24 bits per heavy atom. The Balaban J connectivity index is 1.24. The molecule has 3 aromatic carbocycles. The van der Waals surface area contributed by atoms with Gasteiger partial charge in [-0.05, 0) is 67.3 Å². The van der Waals surface area contributed by atoms with Crippen LogP contribution in [0.4, 0.5) is 17.1 Å².